The minimum Gasteiger partial charge on any atom is -0.459 e. The monoisotopic (exact) mass is 385 g/mol. The molecule has 0 radical (unpaired) electrons. The van der Waals surface area contributed by atoms with Gasteiger partial charge in [0.2, 0.25) is 0 Å². The van der Waals surface area contributed by atoms with Crippen LogP contribution in [0.1, 0.15) is 35.9 Å². The molecule has 0 aliphatic carbocycles. The molecule has 1 amide bonds. The lowest BCUT2D eigenvalue weighted by molar-refractivity contribution is -0.676. The number of quaternary nitrogens is 1. The summed E-state index contributed by atoms with van der Waals surface area (Å²) in [6.45, 7) is 2.28. The SMILES string of the molecule is C[C@H](NC(=O)C[NH2+]C(c1ccccc1)c1ccccc1)c1cc2ccccc2o1. The van der Waals surface area contributed by atoms with E-state index in [0.717, 1.165) is 16.7 Å². The highest BCUT2D eigenvalue weighted by atomic mass is 16.3. The van der Waals surface area contributed by atoms with Crippen LogP contribution in [0.25, 0.3) is 11.0 Å². The quantitative estimate of drug-likeness (QED) is 0.506. The Bertz CT molecular complexity index is 1000. The van der Waals surface area contributed by atoms with Crippen LogP contribution in [0.4, 0.5) is 0 Å². The van der Waals surface area contributed by atoms with Crippen LogP contribution in [0.3, 0.4) is 0 Å². The third kappa shape index (κ3) is 4.55. The van der Waals surface area contributed by atoms with Crippen LogP contribution < -0.4 is 10.6 Å². The van der Waals surface area contributed by atoms with Crippen LogP contribution in [0.15, 0.2) is 95.4 Å². The minimum absolute atomic E-state index is 0.0187. The van der Waals surface area contributed by atoms with Gasteiger partial charge in [0.25, 0.3) is 5.91 Å². The predicted octanol–water partition coefficient (Wildman–Crippen LogP) is 3.96. The topological polar surface area (TPSA) is 58.9 Å². The van der Waals surface area contributed by atoms with Gasteiger partial charge in [0.15, 0.2) is 6.54 Å². The Morgan fingerprint density at radius 1 is 0.897 bits per heavy atom. The van der Waals surface area contributed by atoms with Crippen molar-refractivity contribution < 1.29 is 14.5 Å². The van der Waals surface area contributed by atoms with Crippen LogP contribution in [0, 0.1) is 0 Å². The molecule has 0 saturated heterocycles. The molecular weight excluding hydrogens is 360 g/mol. The van der Waals surface area contributed by atoms with E-state index in [4.69, 9.17) is 4.42 Å². The summed E-state index contributed by atoms with van der Waals surface area (Å²) in [7, 11) is 0. The van der Waals surface area contributed by atoms with Crippen molar-refractivity contribution in [3.05, 3.63) is 108 Å². The molecule has 4 rings (SSSR count). The van der Waals surface area contributed by atoms with Gasteiger partial charge < -0.3 is 15.1 Å². The normalized spacial score (nSPS) is 12.2. The molecule has 0 aliphatic rings. The molecule has 0 spiro atoms. The van der Waals surface area contributed by atoms with Gasteiger partial charge in [-0.3, -0.25) is 4.79 Å². The van der Waals surface area contributed by atoms with E-state index in [2.05, 4.69) is 34.9 Å². The summed E-state index contributed by atoms with van der Waals surface area (Å²) in [4.78, 5) is 12.6. The predicted molar refractivity (Wildman–Crippen MR) is 114 cm³/mol. The number of nitrogens with one attached hydrogen (secondary N) is 1. The Labute approximate surface area is 170 Å². The first-order valence-corrected chi connectivity index (χ1v) is 9.92. The molecule has 0 saturated carbocycles. The highest BCUT2D eigenvalue weighted by molar-refractivity contribution is 5.79. The van der Waals surface area contributed by atoms with Gasteiger partial charge in [-0.05, 0) is 19.1 Å². The van der Waals surface area contributed by atoms with Crippen molar-refractivity contribution in [2.24, 2.45) is 0 Å². The van der Waals surface area contributed by atoms with Gasteiger partial charge in [-0.2, -0.15) is 0 Å². The molecule has 29 heavy (non-hydrogen) atoms. The minimum atomic E-state index is -0.185. The van der Waals surface area contributed by atoms with Gasteiger partial charge >= 0.3 is 0 Å². The second-order valence-corrected chi connectivity index (χ2v) is 7.21. The fourth-order valence-corrected chi connectivity index (χ4v) is 3.60. The Morgan fingerprint density at radius 2 is 1.48 bits per heavy atom. The molecule has 0 aliphatic heterocycles. The molecule has 4 aromatic rings. The van der Waals surface area contributed by atoms with E-state index >= 15 is 0 Å². The van der Waals surface area contributed by atoms with Gasteiger partial charge in [0.05, 0.1) is 6.04 Å². The van der Waals surface area contributed by atoms with Gasteiger partial charge in [-0.25, -0.2) is 0 Å². The van der Waals surface area contributed by atoms with E-state index in [0.29, 0.717) is 6.54 Å². The second-order valence-electron chi connectivity index (χ2n) is 7.21. The average Bonchev–Trinajstić information content (AvgIpc) is 3.20. The van der Waals surface area contributed by atoms with Crippen LogP contribution in [0.2, 0.25) is 0 Å². The maximum Gasteiger partial charge on any atom is 0.275 e. The highest BCUT2D eigenvalue weighted by Crippen LogP contribution is 2.23. The van der Waals surface area contributed by atoms with E-state index in [1.807, 2.05) is 73.7 Å². The number of hydrogen-bond acceptors (Lipinski definition) is 2. The number of carbonyl (C=O) groups excluding carboxylic acids is 1. The Morgan fingerprint density at radius 3 is 2.10 bits per heavy atom. The summed E-state index contributed by atoms with van der Waals surface area (Å²) < 4.78 is 5.87. The number of hydrogen-bond donors (Lipinski definition) is 2. The van der Waals surface area contributed by atoms with Crippen LogP contribution >= 0.6 is 0 Å². The molecule has 0 fully saturated rings. The number of carbonyl (C=O) groups is 1. The molecule has 1 heterocycles. The number of para-hydroxylation sites is 1. The fraction of sp³-hybridized carbons (Fsp3) is 0.160. The molecule has 3 aromatic carbocycles. The lowest BCUT2D eigenvalue weighted by Crippen LogP contribution is -2.87. The number of furan rings is 1. The third-order valence-electron chi connectivity index (χ3n) is 5.11. The summed E-state index contributed by atoms with van der Waals surface area (Å²) in [5.41, 5.74) is 3.19. The van der Waals surface area contributed by atoms with E-state index in [1.165, 1.54) is 11.1 Å². The molecule has 3 N–H and O–H groups in total. The van der Waals surface area contributed by atoms with Crippen molar-refractivity contribution in [3.63, 3.8) is 0 Å². The van der Waals surface area contributed by atoms with Crippen molar-refractivity contribution in [2.75, 3.05) is 6.54 Å². The third-order valence-corrected chi connectivity index (χ3v) is 5.11. The molecule has 0 unspecified atom stereocenters. The Kier molecular flexibility index (Phi) is 5.73. The van der Waals surface area contributed by atoms with Crippen molar-refractivity contribution in [2.45, 2.75) is 19.0 Å². The zero-order valence-corrected chi connectivity index (χ0v) is 16.4. The van der Waals surface area contributed by atoms with E-state index < -0.39 is 0 Å². The van der Waals surface area contributed by atoms with Crippen LogP contribution in [-0.2, 0) is 4.79 Å². The Hall–Kier alpha value is -3.37. The largest absolute Gasteiger partial charge is 0.459 e. The first-order chi connectivity index (χ1) is 14.2. The molecule has 0 bridgehead atoms. The molecule has 4 heteroatoms. The molecule has 146 valence electrons. The van der Waals surface area contributed by atoms with Crippen molar-refractivity contribution >= 4 is 16.9 Å². The van der Waals surface area contributed by atoms with Gasteiger partial charge in [-0.15, -0.1) is 0 Å². The lowest BCUT2D eigenvalue weighted by atomic mass is 9.99. The van der Waals surface area contributed by atoms with E-state index in [9.17, 15) is 4.79 Å². The summed E-state index contributed by atoms with van der Waals surface area (Å²) in [5, 5.41) is 6.17. The van der Waals surface area contributed by atoms with Crippen molar-refractivity contribution in [1.29, 1.82) is 0 Å². The average molecular weight is 385 g/mol. The molecular formula is C25H25N2O2+. The lowest BCUT2D eigenvalue weighted by Gasteiger charge is -2.17. The molecule has 4 nitrogen and oxygen atoms in total. The highest BCUT2D eigenvalue weighted by Gasteiger charge is 2.20. The van der Waals surface area contributed by atoms with Crippen LogP contribution in [-0.4, -0.2) is 12.5 Å². The number of nitrogens with two attached hydrogens (primary N) is 1. The maximum absolute atomic E-state index is 12.6. The number of rotatable bonds is 7. The number of amides is 1. The summed E-state index contributed by atoms with van der Waals surface area (Å²) >= 11 is 0. The number of fused-ring (bicyclic) bond motifs is 1. The standard InChI is InChI=1S/C25H24N2O2/c1-18(23-16-21-14-8-9-15-22(21)29-23)27-24(28)17-26-25(19-10-4-2-5-11-19)20-12-6-3-7-13-20/h2-16,18,25-26H,17H2,1H3,(H,27,28)/p+1/t18-/m0/s1. The van der Waals surface area contributed by atoms with Gasteiger partial charge in [0.1, 0.15) is 17.4 Å². The first kappa shape index (κ1) is 19.0. The molecule has 1 aromatic heterocycles. The Balaban J connectivity index is 1.42. The fourth-order valence-electron chi connectivity index (χ4n) is 3.60. The van der Waals surface area contributed by atoms with Crippen LogP contribution in [0.5, 0.6) is 0 Å². The van der Waals surface area contributed by atoms with E-state index in [1.54, 1.807) is 0 Å². The number of benzene rings is 3. The zero-order chi connectivity index (χ0) is 20.1. The van der Waals surface area contributed by atoms with Gasteiger partial charge in [-0.1, -0.05) is 78.9 Å². The molecule has 1 atom stereocenters. The van der Waals surface area contributed by atoms with E-state index in [-0.39, 0.29) is 18.0 Å². The second kappa shape index (κ2) is 8.76. The summed E-state index contributed by atoms with van der Waals surface area (Å²) in [6.07, 6.45) is 0. The summed E-state index contributed by atoms with van der Waals surface area (Å²) in [6, 6.07) is 30.3. The van der Waals surface area contributed by atoms with Gasteiger partial charge in [0, 0.05) is 16.5 Å². The maximum atomic E-state index is 12.6. The van der Waals surface area contributed by atoms with Crippen molar-refractivity contribution in [3.8, 4) is 0 Å². The smallest absolute Gasteiger partial charge is 0.275 e. The first-order valence-electron chi connectivity index (χ1n) is 9.92. The summed E-state index contributed by atoms with van der Waals surface area (Å²) in [5.74, 6) is 0.747. The van der Waals surface area contributed by atoms with Crippen molar-refractivity contribution in [1.82, 2.24) is 5.32 Å². The zero-order valence-electron chi connectivity index (χ0n) is 16.4.